The van der Waals surface area contributed by atoms with Crippen molar-refractivity contribution in [3.8, 4) is 27.4 Å². The molecule has 0 radical (unpaired) electrons. The van der Waals surface area contributed by atoms with Crippen LogP contribution < -0.4 is 9.50 Å². The summed E-state index contributed by atoms with van der Waals surface area (Å²) < 4.78 is 93.2. The van der Waals surface area contributed by atoms with Crippen LogP contribution in [0.25, 0.3) is 21.7 Å². The van der Waals surface area contributed by atoms with Crippen LogP contribution in [-0.4, -0.2) is 42.3 Å². The Bertz CT molecular complexity index is 1490. The third-order valence-corrected chi connectivity index (χ3v) is 9.30. The van der Waals surface area contributed by atoms with Gasteiger partial charge in [-0.3, -0.25) is 0 Å². The van der Waals surface area contributed by atoms with E-state index in [1.807, 2.05) is 0 Å². The molecule has 1 aromatic heterocycles. The van der Waals surface area contributed by atoms with Crippen molar-refractivity contribution in [2.45, 2.75) is 50.2 Å². The van der Waals surface area contributed by atoms with Gasteiger partial charge in [-0.2, -0.15) is 21.6 Å². The van der Waals surface area contributed by atoms with Crippen LogP contribution in [0.2, 0.25) is 10.0 Å². The minimum Gasteiger partial charge on any atom is -0.382 e. The monoisotopic (exact) mass is 658 g/mol. The Morgan fingerprint density at radius 3 is 2.38 bits per heavy atom. The van der Waals surface area contributed by atoms with E-state index in [2.05, 4.69) is 10.3 Å². The molecule has 1 aliphatic carbocycles. The lowest BCUT2D eigenvalue weighted by molar-refractivity contribution is -0.130. The van der Waals surface area contributed by atoms with Gasteiger partial charge in [-0.25, -0.2) is 13.8 Å². The number of nitrogens with zero attached hydrogens (tertiary/aromatic N) is 1. The largest absolute Gasteiger partial charge is 0.390 e. The molecule has 0 spiro atoms. The van der Waals surface area contributed by atoms with Gasteiger partial charge >= 0.3 is 16.3 Å². The summed E-state index contributed by atoms with van der Waals surface area (Å²) in [5.74, 6) is -4.05. The lowest BCUT2D eigenvalue weighted by Gasteiger charge is -2.29. The van der Waals surface area contributed by atoms with Crippen molar-refractivity contribution in [3.63, 3.8) is 0 Å². The highest BCUT2D eigenvalue weighted by Crippen LogP contribution is 2.41. The highest BCUT2D eigenvalue weighted by Gasteiger charge is 2.35. The minimum absolute atomic E-state index is 0.159. The molecule has 0 unspecified atom stereocenters. The van der Waals surface area contributed by atoms with Gasteiger partial charge in [0.25, 0.3) is 0 Å². The van der Waals surface area contributed by atoms with E-state index in [0.29, 0.717) is 36.8 Å². The summed E-state index contributed by atoms with van der Waals surface area (Å²) in [6.07, 6.45) is -6.12. The Kier molecular flexibility index (Phi) is 9.30. The van der Waals surface area contributed by atoms with Crippen molar-refractivity contribution in [3.05, 3.63) is 57.5 Å². The van der Waals surface area contributed by atoms with Crippen molar-refractivity contribution in [2.75, 3.05) is 5.75 Å². The molecule has 1 saturated carbocycles. The van der Waals surface area contributed by atoms with E-state index in [1.165, 1.54) is 35.6 Å². The molecule has 0 atom stereocenters. The molecule has 1 aliphatic rings. The van der Waals surface area contributed by atoms with E-state index >= 15 is 0 Å². The van der Waals surface area contributed by atoms with E-state index < -0.39 is 34.4 Å². The molecule has 1 heterocycles. The van der Waals surface area contributed by atoms with Crippen molar-refractivity contribution >= 4 is 61.9 Å². The molecule has 0 bridgehead atoms. The van der Waals surface area contributed by atoms with Gasteiger partial charge in [-0.05, 0) is 60.9 Å². The van der Waals surface area contributed by atoms with Crippen LogP contribution in [0, 0.1) is 0 Å². The normalized spacial score (nSPS) is 16.1. The number of halogens is 7. The van der Waals surface area contributed by atoms with E-state index in [-0.39, 0.29) is 42.5 Å². The molecule has 15 heteroatoms. The number of benzene rings is 2. The fourth-order valence-corrected chi connectivity index (χ4v) is 6.79. The molecule has 0 saturated heterocycles. The summed E-state index contributed by atoms with van der Waals surface area (Å²) in [5, 5.41) is 4.26. The predicted molar refractivity (Wildman–Crippen MR) is 150 cm³/mol. The zero-order valence-corrected chi connectivity index (χ0v) is 24.4. The molecule has 2 aromatic carbocycles. The van der Waals surface area contributed by atoms with E-state index in [4.69, 9.17) is 39.6 Å². The average Bonchev–Trinajstić information content (AvgIpc) is 3.29. The molecule has 1 N–H and O–H groups in total. The number of thiocarbonyl (C=S) groups is 1. The maximum Gasteiger partial charge on any atom is 0.390 e. The van der Waals surface area contributed by atoms with Crippen LogP contribution in [0.3, 0.4) is 0 Å². The van der Waals surface area contributed by atoms with E-state index in [0.717, 1.165) is 0 Å². The standard InChI is InChI=1S/C25H21Cl2F5N2O3S3/c26-15-3-6-18(19(27)13-15)20-21(39-23(34-20)22(38)33-16-7-9-24(28,29)10-8-16)14-1-4-17(5-2-14)37-40(35,36)12-11-25(30,31)32/h1-6,13,16H,7-12H2,(H,33,38). The second-order valence-electron chi connectivity index (χ2n) is 9.16. The van der Waals surface area contributed by atoms with Crippen LogP contribution in [0.5, 0.6) is 5.75 Å². The zero-order valence-electron chi connectivity index (χ0n) is 20.4. The van der Waals surface area contributed by atoms with Gasteiger partial charge in [-0.1, -0.05) is 35.4 Å². The van der Waals surface area contributed by atoms with Gasteiger partial charge in [0.1, 0.15) is 10.7 Å². The topological polar surface area (TPSA) is 68.3 Å². The minimum atomic E-state index is -4.64. The SMILES string of the molecule is O=S(=O)(CCC(F)(F)F)Oc1ccc(-c2sc(C(=S)NC3CCC(F)(F)CC3)nc2-c2ccc(Cl)cc2Cl)cc1. The van der Waals surface area contributed by atoms with Crippen LogP contribution >= 0.6 is 46.8 Å². The average molecular weight is 660 g/mol. The molecule has 40 heavy (non-hydrogen) atoms. The number of nitrogens with one attached hydrogen (secondary N) is 1. The van der Waals surface area contributed by atoms with Crippen LogP contribution in [0.1, 0.15) is 37.1 Å². The number of rotatable bonds is 8. The smallest absolute Gasteiger partial charge is 0.382 e. The lowest BCUT2D eigenvalue weighted by atomic mass is 9.92. The fourth-order valence-electron chi connectivity index (χ4n) is 4.00. The van der Waals surface area contributed by atoms with Gasteiger partial charge < -0.3 is 9.50 Å². The second kappa shape index (κ2) is 12.0. The first-order valence-corrected chi connectivity index (χ1v) is 15.4. The first-order chi connectivity index (χ1) is 18.6. The molecule has 3 aromatic rings. The van der Waals surface area contributed by atoms with Crippen LogP contribution in [0.15, 0.2) is 42.5 Å². The first-order valence-electron chi connectivity index (χ1n) is 11.9. The molecular weight excluding hydrogens is 638 g/mol. The molecule has 4 rings (SSSR count). The maximum absolute atomic E-state index is 13.6. The second-order valence-corrected chi connectivity index (χ2v) is 13.1. The third-order valence-electron chi connectivity index (χ3n) is 6.04. The van der Waals surface area contributed by atoms with E-state index in [1.54, 1.807) is 18.2 Å². The van der Waals surface area contributed by atoms with Crippen molar-refractivity contribution < 1.29 is 34.6 Å². The fraction of sp³-hybridized carbons (Fsp3) is 0.360. The highest BCUT2D eigenvalue weighted by molar-refractivity contribution is 7.87. The Hall–Kier alpha value is -2.06. The van der Waals surface area contributed by atoms with Crippen molar-refractivity contribution in [1.82, 2.24) is 10.3 Å². The molecule has 0 amide bonds. The number of hydrogen-bond acceptors (Lipinski definition) is 6. The van der Waals surface area contributed by atoms with Crippen molar-refractivity contribution in [1.29, 1.82) is 0 Å². The van der Waals surface area contributed by atoms with Gasteiger partial charge in [0.15, 0.2) is 5.01 Å². The Labute approximate surface area is 246 Å². The van der Waals surface area contributed by atoms with Gasteiger partial charge in [-0.15, -0.1) is 11.3 Å². The predicted octanol–water partition coefficient (Wildman–Crippen LogP) is 8.29. The maximum atomic E-state index is 13.6. The Morgan fingerprint density at radius 1 is 1.12 bits per heavy atom. The summed E-state index contributed by atoms with van der Waals surface area (Å²) in [5.41, 5.74) is 1.57. The number of thiazole rings is 1. The highest BCUT2D eigenvalue weighted by atomic mass is 35.5. The molecule has 1 fully saturated rings. The number of hydrogen-bond donors (Lipinski definition) is 1. The van der Waals surface area contributed by atoms with Crippen LogP contribution in [0.4, 0.5) is 22.0 Å². The van der Waals surface area contributed by atoms with Crippen LogP contribution in [-0.2, 0) is 10.1 Å². The molecule has 216 valence electrons. The summed E-state index contributed by atoms with van der Waals surface area (Å²) >= 11 is 19.3. The zero-order chi connectivity index (χ0) is 29.3. The Balaban J connectivity index is 1.61. The van der Waals surface area contributed by atoms with Gasteiger partial charge in [0.05, 0.1) is 27.8 Å². The summed E-state index contributed by atoms with van der Waals surface area (Å²) in [6, 6.07) is 10.3. The first kappa shape index (κ1) is 30.9. The third kappa shape index (κ3) is 8.25. The number of alkyl halides is 5. The molecule has 0 aliphatic heterocycles. The lowest BCUT2D eigenvalue weighted by Crippen LogP contribution is -2.39. The van der Waals surface area contributed by atoms with Gasteiger partial charge in [0.2, 0.25) is 5.92 Å². The Morgan fingerprint density at radius 2 is 1.77 bits per heavy atom. The summed E-state index contributed by atoms with van der Waals surface area (Å²) in [6.45, 7) is 0. The van der Waals surface area contributed by atoms with E-state index in [9.17, 15) is 30.4 Å². The summed E-state index contributed by atoms with van der Waals surface area (Å²) in [4.78, 5) is 5.56. The van der Waals surface area contributed by atoms with Crippen molar-refractivity contribution in [2.24, 2.45) is 0 Å². The quantitative estimate of drug-likeness (QED) is 0.149. The number of aromatic nitrogens is 1. The molecule has 5 nitrogen and oxygen atoms in total. The molecular formula is C25H21Cl2F5N2O3S3. The summed E-state index contributed by atoms with van der Waals surface area (Å²) in [7, 11) is -4.47. The van der Waals surface area contributed by atoms with Gasteiger partial charge in [0, 0.05) is 29.5 Å².